The molecule has 0 saturated carbocycles. The van der Waals surface area contributed by atoms with Gasteiger partial charge in [-0.05, 0) is 86.4 Å². The number of ether oxygens (including phenoxy) is 1. The maximum Gasteiger partial charge on any atom is 0.229 e. The molecule has 1 aliphatic heterocycles. The largest absolute Gasteiger partial charge is 0.494 e. The van der Waals surface area contributed by atoms with Crippen molar-refractivity contribution in [3.8, 4) is 5.75 Å². The van der Waals surface area contributed by atoms with Gasteiger partial charge in [0.2, 0.25) is 5.95 Å². The maximum atomic E-state index is 13.4. The number of fused-ring (bicyclic) bond motifs is 1. The van der Waals surface area contributed by atoms with Crippen LogP contribution in [0.2, 0.25) is 0 Å². The Morgan fingerprint density at radius 2 is 1.79 bits per heavy atom. The summed E-state index contributed by atoms with van der Waals surface area (Å²) in [5.41, 5.74) is 6.51. The molecule has 12 heteroatoms. The molecule has 2 aromatic carbocycles. The molecule has 1 fully saturated rings. The number of piperidine rings is 1. The second kappa shape index (κ2) is 11.9. The van der Waals surface area contributed by atoms with Gasteiger partial charge in [0.15, 0.2) is 0 Å². The molecule has 1 aliphatic carbocycles. The van der Waals surface area contributed by atoms with Crippen LogP contribution in [0.4, 0.5) is 28.8 Å². The van der Waals surface area contributed by atoms with Crippen LogP contribution >= 0.6 is 23.1 Å². The minimum Gasteiger partial charge on any atom is -0.494 e. The predicted molar refractivity (Wildman–Crippen MR) is 179 cm³/mol. The highest BCUT2D eigenvalue weighted by Gasteiger charge is 2.27. The smallest absolute Gasteiger partial charge is 0.229 e. The molecule has 1 saturated heterocycles. The van der Waals surface area contributed by atoms with Crippen LogP contribution in [0.1, 0.15) is 24.8 Å². The normalized spacial score (nSPS) is 15.5. The van der Waals surface area contributed by atoms with Crippen LogP contribution in [0, 0.1) is 0 Å². The second-order valence-electron chi connectivity index (χ2n) is 11.6. The number of nitrogens with zero attached hydrogens (tertiary/aromatic N) is 6. The van der Waals surface area contributed by atoms with Gasteiger partial charge in [-0.25, -0.2) is 4.98 Å². The minimum atomic E-state index is -2.73. The molecule has 2 N–H and O–H groups in total. The van der Waals surface area contributed by atoms with E-state index in [1.54, 1.807) is 39.0 Å². The third kappa shape index (κ3) is 6.25. The van der Waals surface area contributed by atoms with E-state index in [1.807, 2.05) is 12.1 Å². The van der Waals surface area contributed by atoms with Crippen molar-refractivity contribution >= 4 is 73.8 Å². The molecular formula is C31H36BrN8O2P. The Bertz CT molecular complexity index is 1760. The highest BCUT2D eigenvalue weighted by molar-refractivity contribution is 9.10. The maximum absolute atomic E-state index is 13.4. The number of methoxy groups -OCH3 is 1. The van der Waals surface area contributed by atoms with E-state index >= 15 is 0 Å². The fourth-order valence-electron chi connectivity index (χ4n) is 5.68. The van der Waals surface area contributed by atoms with Crippen molar-refractivity contribution in [2.45, 2.75) is 25.3 Å². The average Bonchev–Trinajstić information content (AvgIpc) is 3.83. The first-order valence-corrected chi connectivity index (χ1v) is 17.7. The van der Waals surface area contributed by atoms with Crippen LogP contribution < -0.4 is 25.6 Å². The van der Waals surface area contributed by atoms with Gasteiger partial charge in [0.05, 0.1) is 33.8 Å². The van der Waals surface area contributed by atoms with Crippen molar-refractivity contribution in [1.82, 2.24) is 24.8 Å². The van der Waals surface area contributed by atoms with Crippen molar-refractivity contribution in [1.29, 1.82) is 0 Å². The van der Waals surface area contributed by atoms with Gasteiger partial charge in [0.1, 0.15) is 24.2 Å². The van der Waals surface area contributed by atoms with Gasteiger partial charge >= 0.3 is 0 Å². The van der Waals surface area contributed by atoms with E-state index in [4.69, 9.17) is 9.72 Å². The summed E-state index contributed by atoms with van der Waals surface area (Å²) in [6, 6.07) is 8.62. The Balaban J connectivity index is 1.31. The van der Waals surface area contributed by atoms with Crippen LogP contribution in [-0.2, 0) is 4.57 Å². The monoisotopic (exact) mass is 662 g/mol. The molecule has 43 heavy (non-hydrogen) atoms. The van der Waals surface area contributed by atoms with Crippen molar-refractivity contribution in [3.05, 3.63) is 59.0 Å². The molecule has 6 rings (SSSR count). The third-order valence-corrected chi connectivity index (χ3v) is 10.1. The Morgan fingerprint density at radius 3 is 2.47 bits per heavy atom. The molecule has 4 aromatic rings. The van der Waals surface area contributed by atoms with Gasteiger partial charge in [-0.1, -0.05) is 6.08 Å². The zero-order valence-electron chi connectivity index (χ0n) is 25.1. The lowest BCUT2D eigenvalue weighted by Crippen LogP contribution is -2.42. The third-order valence-electron chi connectivity index (χ3n) is 8.00. The number of aromatic nitrogens is 4. The number of halogens is 1. The van der Waals surface area contributed by atoms with E-state index in [9.17, 15) is 4.57 Å². The highest BCUT2D eigenvalue weighted by Crippen LogP contribution is 2.44. The first-order valence-electron chi connectivity index (χ1n) is 14.3. The first-order chi connectivity index (χ1) is 20.6. The van der Waals surface area contributed by atoms with Crippen molar-refractivity contribution in [2.75, 3.05) is 63.2 Å². The minimum absolute atomic E-state index is 0.401. The van der Waals surface area contributed by atoms with Crippen LogP contribution in [0.15, 0.2) is 53.4 Å². The number of rotatable bonds is 9. The summed E-state index contributed by atoms with van der Waals surface area (Å²) in [5, 5.41) is 7.39. The molecule has 0 unspecified atom stereocenters. The van der Waals surface area contributed by atoms with Crippen LogP contribution in [0.3, 0.4) is 0 Å². The fraction of sp³-hybridized carbons (Fsp3) is 0.355. The molecule has 3 heterocycles. The van der Waals surface area contributed by atoms with Crippen molar-refractivity contribution in [3.63, 3.8) is 0 Å². The molecule has 224 valence electrons. The van der Waals surface area contributed by atoms with Gasteiger partial charge in [-0.3, -0.25) is 9.97 Å². The van der Waals surface area contributed by atoms with Gasteiger partial charge in [0, 0.05) is 55.0 Å². The quantitative estimate of drug-likeness (QED) is 0.200. The number of allylic oxidation sites excluding steroid dienone is 2. The molecular weight excluding hydrogens is 627 g/mol. The molecule has 2 aliphatic rings. The van der Waals surface area contributed by atoms with Crippen molar-refractivity contribution < 1.29 is 9.30 Å². The molecule has 10 nitrogen and oxygen atoms in total. The topological polar surface area (TPSA) is 108 Å². The fourth-order valence-corrected chi connectivity index (χ4v) is 7.36. The molecule has 0 spiro atoms. The van der Waals surface area contributed by atoms with Gasteiger partial charge < -0.3 is 29.7 Å². The lowest BCUT2D eigenvalue weighted by atomic mass is 10.0. The van der Waals surface area contributed by atoms with E-state index in [-0.39, 0.29) is 0 Å². The number of benzene rings is 2. The van der Waals surface area contributed by atoms with Gasteiger partial charge in [-0.2, -0.15) is 4.98 Å². The molecule has 0 amide bonds. The van der Waals surface area contributed by atoms with E-state index < -0.39 is 7.14 Å². The average molecular weight is 664 g/mol. The first kappa shape index (κ1) is 29.5. The lowest BCUT2D eigenvalue weighted by Gasteiger charge is -2.37. The van der Waals surface area contributed by atoms with E-state index in [0.29, 0.717) is 44.3 Å². The standard InChI is InChI=1S/C31H36BrN8O2P/c1-39(2)20-10-14-40(15-11-20)26-17-27(42-3)25(16-21(26)19-6-7-19)37-31-35-18-22(32)30(38-31)36-24-9-8-23-28(34-13-12-33-23)29(24)43(4,5)41/h6,8-9,12-13,16-18,20H,7,10-11,14-15H2,1-5H3,(H2,35,36,37,38). The Hall–Kier alpha value is -3.53. The summed E-state index contributed by atoms with van der Waals surface area (Å²) in [4.78, 5) is 23.0. The second-order valence-corrected chi connectivity index (χ2v) is 15.6. The van der Waals surface area contributed by atoms with Gasteiger partial charge in [-0.15, -0.1) is 0 Å². The predicted octanol–water partition coefficient (Wildman–Crippen LogP) is 6.24. The van der Waals surface area contributed by atoms with E-state index in [2.05, 4.69) is 83.6 Å². The van der Waals surface area contributed by atoms with E-state index in [1.165, 1.54) is 16.8 Å². The molecule has 0 bridgehead atoms. The molecule has 2 aromatic heterocycles. The molecule has 0 radical (unpaired) electrons. The zero-order valence-corrected chi connectivity index (χ0v) is 27.5. The summed E-state index contributed by atoms with van der Waals surface area (Å²) in [6.45, 7) is 5.48. The van der Waals surface area contributed by atoms with Crippen molar-refractivity contribution in [2.24, 2.45) is 0 Å². The molecule has 0 atom stereocenters. The summed E-state index contributed by atoms with van der Waals surface area (Å²) in [5.74, 6) is 1.65. The highest BCUT2D eigenvalue weighted by atomic mass is 79.9. The lowest BCUT2D eigenvalue weighted by molar-refractivity contribution is 0.249. The SMILES string of the molecule is COc1cc(N2CCC(N(C)C)CC2)c(C2=CC2)cc1Nc1ncc(Br)c(Nc2ccc3nccnc3c2P(C)(C)=O)n1. The van der Waals surface area contributed by atoms with E-state index in [0.717, 1.165) is 43.8 Å². The zero-order chi connectivity index (χ0) is 30.3. The number of hydrogen-bond donors (Lipinski definition) is 2. The number of anilines is 5. The summed E-state index contributed by atoms with van der Waals surface area (Å²) >= 11 is 3.58. The van der Waals surface area contributed by atoms with Crippen LogP contribution in [-0.4, -0.2) is 78.5 Å². The summed E-state index contributed by atoms with van der Waals surface area (Å²) in [7, 11) is 3.28. The summed E-state index contributed by atoms with van der Waals surface area (Å²) < 4.78 is 19.9. The Morgan fingerprint density at radius 1 is 1.05 bits per heavy atom. The Labute approximate surface area is 260 Å². The van der Waals surface area contributed by atoms with Crippen LogP contribution in [0.5, 0.6) is 5.75 Å². The number of nitrogens with one attached hydrogen (secondary N) is 2. The Kier molecular flexibility index (Phi) is 8.15. The van der Waals surface area contributed by atoms with Gasteiger partial charge in [0.25, 0.3) is 0 Å². The number of hydrogen-bond acceptors (Lipinski definition) is 10. The summed E-state index contributed by atoms with van der Waals surface area (Å²) in [6.07, 6.45) is 10.5. The van der Waals surface area contributed by atoms with Crippen LogP contribution in [0.25, 0.3) is 16.6 Å².